The number of fused-ring (bicyclic) bond motifs is 1. The van der Waals surface area contributed by atoms with Crippen molar-refractivity contribution in [2.24, 2.45) is 0 Å². The minimum absolute atomic E-state index is 0.0895. The Bertz CT molecular complexity index is 1340. The van der Waals surface area contributed by atoms with E-state index in [1.54, 1.807) is 6.07 Å². The van der Waals surface area contributed by atoms with Gasteiger partial charge in [0, 0.05) is 18.5 Å². The van der Waals surface area contributed by atoms with Crippen LogP contribution < -0.4 is 5.56 Å². The summed E-state index contributed by atoms with van der Waals surface area (Å²) in [6.45, 7) is 1.96. The molecule has 0 unspecified atom stereocenters. The van der Waals surface area contributed by atoms with E-state index in [1.807, 2.05) is 53.4 Å². The van der Waals surface area contributed by atoms with Gasteiger partial charge in [0.1, 0.15) is 0 Å². The van der Waals surface area contributed by atoms with Crippen molar-refractivity contribution in [2.75, 3.05) is 18.8 Å². The molecule has 1 amide bonds. The molecule has 0 N–H and O–H groups in total. The van der Waals surface area contributed by atoms with E-state index in [1.165, 1.54) is 29.3 Å². The van der Waals surface area contributed by atoms with E-state index in [0.29, 0.717) is 28.2 Å². The van der Waals surface area contributed by atoms with E-state index in [0.717, 1.165) is 31.5 Å². The molecule has 174 valence electrons. The Balaban J connectivity index is 1.40. The third-order valence-electron chi connectivity index (χ3n) is 5.93. The lowest BCUT2D eigenvalue weighted by Crippen LogP contribution is -2.33. The average molecular weight is 476 g/mol. The van der Waals surface area contributed by atoms with Crippen LogP contribution in [0.1, 0.15) is 31.2 Å². The summed E-state index contributed by atoms with van der Waals surface area (Å²) >= 11 is 1.23. The van der Waals surface area contributed by atoms with Crippen molar-refractivity contribution < 1.29 is 9.21 Å². The van der Waals surface area contributed by atoms with Gasteiger partial charge in [-0.15, -0.1) is 10.2 Å². The van der Waals surface area contributed by atoms with Crippen LogP contribution in [-0.2, 0) is 11.3 Å². The number of nitrogens with zero attached hydrogens (tertiary/aromatic N) is 5. The first-order chi connectivity index (χ1) is 16.7. The molecule has 0 spiro atoms. The maximum absolute atomic E-state index is 13.1. The van der Waals surface area contributed by atoms with Gasteiger partial charge in [-0.1, -0.05) is 73.1 Å². The predicted molar refractivity (Wildman–Crippen MR) is 131 cm³/mol. The lowest BCUT2D eigenvalue weighted by atomic mass is 10.1. The Labute approximate surface area is 201 Å². The Morgan fingerprint density at radius 1 is 0.912 bits per heavy atom. The molecule has 0 atom stereocenters. The van der Waals surface area contributed by atoms with Gasteiger partial charge in [-0.2, -0.15) is 5.10 Å². The summed E-state index contributed by atoms with van der Waals surface area (Å²) in [4.78, 5) is 27.6. The van der Waals surface area contributed by atoms with E-state index in [-0.39, 0.29) is 23.1 Å². The highest BCUT2D eigenvalue weighted by atomic mass is 32.2. The SMILES string of the molecule is O=C(CSc1nnc(-c2nn(Cc3ccccc3)c(=O)c3ccccc23)o1)N1CCCCCC1. The third-order valence-corrected chi connectivity index (χ3v) is 6.73. The number of amides is 1. The zero-order valence-electron chi connectivity index (χ0n) is 18.7. The highest BCUT2D eigenvalue weighted by Gasteiger charge is 2.20. The standard InChI is InChI=1S/C25H25N5O3S/c31-21(29-14-8-1-2-9-15-29)17-34-25-27-26-23(33-25)22-19-12-6-7-13-20(19)24(32)30(28-22)16-18-10-4-3-5-11-18/h3-7,10-13H,1-2,8-9,14-17H2. The van der Waals surface area contributed by atoms with E-state index in [4.69, 9.17) is 4.42 Å². The van der Waals surface area contributed by atoms with Crippen LogP contribution in [0.25, 0.3) is 22.4 Å². The molecule has 1 aliphatic rings. The number of carbonyl (C=O) groups excluding carboxylic acids is 1. The summed E-state index contributed by atoms with van der Waals surface area (Å²) in [7, 11) is 0. The number of aromatic nitrogens is 4. The van der Waals surface area contributed by atoms with E-state index in [9.17, 15) is 9.59 Å². The number of likely N-dealkylation sites (tertiary alicyclic amines) is 1. The van der Waals surface area contributed by atoms with Crippen LogP contribution in [-0.4, -0.2) is 49.6 Å². The summed E-state index contributed by atoms with van der Waals surface area (Å²) in [5.41, 5.74) is 1.23. The van der Waals surface area contributed by atoms with E-state index < -0.39 is 0 Å². The second-order valence-corrected chi connectivity index (χ2v) is 9.23. The van der Waals surface area contributed by atoms with Gasteiger partial charge >= 0.3 is 0 Å². The number of benzene rings is 2. The third kappa shape index (κ3) is 4.89. The first kappa shape index (κ1) is 22.3. The van der Waals surface area contributed by atoms with Crippen molar-refractivity contribution in [1.82, 2.24) is 24.9 Å². The molecular weight excluding hydrogens is 450 g/mol. The fourth-order valence-corrected chi connectivity index (χ4v) is 4.82. The first-order valence-corrected chi connectivity index (χ1v) is 12.5. The van der Waals surface area contributed by atoms with Gasteiger partial charge in [0.25, 0.3) is 16.7 Å². The van der Waals surface area contributed by atoms with Crippen LogP contribution in [0.3, 0.4) is 0 Å². The molecular formula is C25H25N5O3S. The molecule has 0 radical (unpaired) electrons. The maximum Gasteiger partial charge on any atom is 0.277 e. The molecule has 4 aromatic rings. The molecule has 3 heterocycles. The molecule has 0 aliphatic carbocycles. The molecule has 8 nitrogen and oxygen atoms in total. The fraction of sp³-hybridized carbons (Fsp3) is 0.320. The van der Waals surface area contributed by atoms with Gasteiger partial charge in [0.05, 0.1) is 17.7 Å². The number of rotatable bonds is 6. The lowest BCUT2D eigenvalue weighted by molar-refractivity contribution is -0.128. The first-order valence-electron chi connectivity index (χ1n) is 11.5. The van der Waals surface area contributed by atoms with Crippen LogP contribution in [0.15, 0.2) is 69.0 Å². The highest BCUT2D eigenvalue weighted by molar-refractivity contribution is 7.99. The zero-order valence-corrected chi connectivity index (χ0v) is 19.5. The van der Waals surface area contributed by atoms with Crippen molar-refractivity contribution in [1.29, 1.82) is 0 Å². The zero-order chi connectivity index (χ0) is 23.3. The highest BCUT2D eigenvalue weighted by Crippen LogP contribution is 2.27. The van der Waals surface area contributed by atoms with E-state index >= 15 is 0 Å². The number of thioether (sulfide) groups is 1. The topological polar surface area (TPSA) is 94.1 Å². The summed E-state index contributed by atoms with van der Waals surface area (Å²) in [5, 5.41) is 14.4. The minimum Gasteiger partial charge on any atom is -0.409 e. The molecule has 0 bridgehead atoms. The van der Waals surface area contributed by atoms with Gasteiger partial charge in [0.2, 0.25) is 5.91 Å². The molecule has 34 heavy (non-hydrogen) atoms. The van der Waals surface area contributed by atoms with Crippen LogP contribution in [0.2, 0.25) is 0 Å². The van der Waals surface area contributed by atoms with Gasteiger partial charge in [-0.05, 0) is 24.5 Å². The predicted octanol–water partition coefficient (Wildman–Crippen LogP) is 3.99. The fourth-order valence-electron chi connectivity index (χ4n) is 4.16. The van der Waals surface area contributed by atoms with Crippen molar-refractivity contribution in [3.8, 4) is 11.6 Å². The number of carbonyl (C=O) groups is 1. The van der Waals surface area contributed by atoms with Crippen molar-refractivity contribution in [3.63, 3.8) is 0 Å². The Hall–Kier alpha value is -3.46. The quantitative estimate of drug-likeness (QED) is 0.389. The van der Waals surface area contributed by atoms with Crippen molar-refractivity contribution >= 4 is 28.4 Å². The molecule has 1 saturated heterocycles. The van der Waals surface area contributed by atoms with Gasteiger partial charge in [0.15, 0.2) is 5.69 Å². The lowest BCUT2D eigenvalue weighted by Gasteiger charge is -2.19. The van der Waals surface area contributed by atoms with Gasteiger partial charge in [-0.3, -0.25) is 9.59 Å². The van der Waals surface area contributed by atoms with Gasteiger partial charge in [-0.25, -0.2) is 4.68 Å². The number of hydrogen-bond acceptors (Lipinski definition) is 7. The molecule has 1 fully saturated rings. The molecule has 9 heteroatoms. The van der Waals surface area contributed by atoms with Crippen LogP contribution in [0.5, 0.6) is 0 Å². The summed E-state index contributed by atoms with van der Waals surface area (Å²) < 4.78 is 7.30. The monoisotopic (exact) mass is 475 g/mol. The second-order valence-electron chi connectivity index (χ2n) is 8.30. The number of hydrogen-bond donors (Lipinski definition) is 0. The van der Waals surface area contributed by atoms with Crippen LogP contribution in [0.4, 0.5) is 0 Å². The van der Waals surface area contributed by atoms with Crippen molar-refractivity contribution in [3.05, 3.63) is 70.5 Å². The Kier molecular flexibility index (Phi) is 6.71. The van der Waals surface area contributed by atoms with E-state index in [2.05, 4.69) is 15.3 Å². The molecule has 1 aliphatic heterocycles. The maximum atomic E-state index is 13.1. The Morgan fingerprint density at radius 3 is 2.38 bits per heavy atom. The van der Waals surface area contributed by atoms with Crippen molar-refractivity contribution in [2.45, 2.75) is 37.5 Å². The molecule has 0 saturated carbocycles. The van der Waals surface area contributed by atoms with Gasteiger partial charge < -0.3 is 9.32 Å². The molecule has 2 aromatic carbocycles. The average Bonchev–Trinajstić information content (AvgIpc) is 3.17. The molecule has 5 rings (SSSR count). The normalized spacial score (nSPS) is 14.3. The van der Waals surface area contributed by atoms with Crippen LogP contribution >= 0.6 is 11.8 Å². The largest absolute Gasteiger partial charge is 0.409 e. The summed E-state index contributed by atoms with van der Waals surface area (Å²) in [5.74, 6) is 0.568. The summed E-state index contributed by atoms with van der Waals surface area (Å²) in [6.07, 6.45) is 4.46. The Morgan fingerprint density at radius 2 is 1.62 bits per heavy atom. The molecule has 2 aromatic heterocycles. The van der Waals surface area contributed by atoms with Crippen LogP contribution in [0, 0.1) is 0 Å². The smallest absolute Gasteiger partial charge is 0.277 e. The summed E-state index contributed by atoms with van der Waals surface area (Å²) in [6, 6.07) is 17.0. The minimum atomic E-state index is -0.180. The second kappa shape index (κ2) is 10.2.